The molecule has 22 heavy (non-hydrogen) atoms. The Labute approximate surface area is 133 Å². The molecule has 1 aromatic carbocycles. The fourth-order valence-electron chi connectivity index (χ4n) is 2.51. The van der Waals surface area contributed by atoms with Crippen LogP contribution in [0.5, 0.6) is 5.75 Å². The number of nitrogens with two attached hydrogens (primary N) is 1. The summed E-state index contributed by atoms with van der Waals surface area (Å²) >= 11 is 1.53. The van der Waals surface area contributed by atoms with E-state index in [9.17, 15) is 4.79 Å². The average molecular weight is 317 g/mol. The maximum Gasteiger partial charge on any atom is 0.219 e. The van der Waals surface area contributed by atoms with Gasteiger partial charge in [-0.05, 0) is 18.1 Å². The molecule has 0 radical (unpaired) electrons. The number of Topliss-reactive ketones (excluding diaryl/α,β-unsaturated/α-hetero) is 1. The number of carbonyl (C=O) groups excluding carboxylic acids is 1. The summed E-state index contributed by atoms with van der Waals surface area (Å²) in [5.74, 6) is 7.95. The van der Waals surface area contributed by atoms with E-state index in [4.69, 9.17) is 10.6 Å². The molecule has 0 bridgehead atoms. The number of methoxy groups -OCH3 is 1. The van der Waals surface area contributed by atoms with Crippen LogP contribution in [0.25, 0.3) is 10.9 Å². The van der Waals surface area contributed by atoms with Crippen molar-refractivity contribution in [3.63, 3.8) is 0 Å². The fourth-order valence-corrected chi connectivity index (χ4v) is 3.75. The molecule has 0 aliphatic carbocycles. The van der Waals surface area contributed by atoms with Crippen LogP contribution < -0.4 is 10.6 Å². The molecular weight excluding hydrogens is 298 g/mol. The standard InChI is InChI=1S/C16H19N3O2S/c1-9(2)13-8-22-16(18-13)15(20)12-7-19(17)14-6-10(21-3)4-5-11(12)14/h4-7,9,13H,8,17H2,1-3H3. The molecule has 2 N–H and O–H groups in total. The molecule has 1 aliphatic heterocycles. The van der Waals surface area contributed by atoms with Crippen LogP contribution in [0.1, 0.15) is 24.2 Å². The molecule has 2 heterocycles. The number of thioether (sulfide) groups is 1. The molecule has 0 spiro atoms. The second kappa shape index (κ2) is 5.68. The molecule has 1 unspecified atom stereocenters. The van der Waals surface area contributed by atoms with Gasteiger partial charge >= 0.3 is 0 Å². The number of ether oxygens (including phenoxy) is 1. The van der Waals surface area contributed by atoms with E-state index in [0.717, 1.165) is 16.7 Å². The fraction of sp³-hybridized carbons (Fsp3) is 0.375. The second-order valence-electron chi connectivity index (χ2n) is 5.72. The Morgan fingerprint density at radius 1 is 1.50 bits per heavy atom. The monoisotopic (exact) mass is 317 g/mol. The molecule has 5 nitrogen and oxygen atoms in total. The van der Waals surface area contributed by atoms with Crippen molar-refractivity contribution in [2.45, 2.75) is 19.9 Å². The van der Waals surface area contributed by atoms with Crippen LogP contribution >= 0.6 is 11.8 Å². The molecule has 6 heteroatoms. The minimum Gasteiger partial charge on any atom is -0.497 e. The van der Waals surface area contributed by atoms with Gasteiger partial charge in [0.1, 0.15) is 10.8 Å². The van der Waals surface area contributed by atoms with Gasteiger partial charge < -0.3 is 10.6 Å². The summed E-state index contributed by atoms with van der Waals surface area (Å²) in [7, 11) is 1.60. The zero-order valence-corrected chi connectivity index (χ0v) is 13.7. The molecule has 0 amide bonds. The van der Waals surface area contributed by atoms with E-state index >= 15 is 0 Å². The van der Waals surface area contributed by atoms with E-state index in [-0.39, 0.29) is 11.8 Å². The number of aromatic nitrogens is 1. The Hall–Kier alpha value is -1.95. The summed E-state index contributed by atoms with van der Waals surface area (Å²) in [4.78, 5) is 17.3. The van der Waals surface area contributed by atoms with Gasteiger partial charge in [0.15, 0.2) is 0 Å². The predicted octanol–water partition coefficient (Wildman–Crippen LogP) is 2.72. The summed E-state index contributed by atoms with van der Waals surface area (Å²) < 4.78 is 6.67. The third kappa shape index (κ3) is 2.47. The minimum atomic E-state index is -0.0486. The molecule has 1 atom stereocenters. The summed E-state index contributed by atoms with van der Waals surface area (Å²) in [6.07, 6.45) is 1.66. The third-order valence-corrected chi connectivity index (χ3v) is 5.00. The van der Waals surface area contributed by atoms with Crippen molar-refractivity contribution in [3.05, 3.63) is 30.0 Å². The Morgan fingerprint density at radius 2 is 2.27 bits per heavy atom. The van der Waals surface area contributed by atoms with Crippen LogP contribution in [0, 0.1) is 5.92 Å². The van der Waals surface area contributed by atoms with Gasteiger partial charge in [0.05, 0.1) is 24.2 Å². The van der Waals surface area contributed by atoms with E-state index in [1.807, 2.05) is 18.2 Å². The first-order chi connectivity index (χ1) is 10.5. The number of hydrogen-bond donors (Lipinski definition) is 1. The molecular formula is C16H19N3O2S. The number of hydrogen-bond acceptors (Lipinski definition) is 5. The summed E-state index contributed by atoms with van der Waals surface area (Å²) in [6, 6.07) is 5.74. The van der Waals surface area contributed by atoms with Crippen molar-refractivity contribution in [2.24, 2.45) is 10.9 Å². The van der Waals surface area contributed by atoms with Crippen LogP contribution in [0.4, 0.5) is 0 Å². The normalized spacial score (nSPS) is 18.0. The number of fused-ring (bicyclic) bond motifs is 1. The van der Waals surface area contributed by atoms with Crippen LogP contribution in [0.2, 0.25) is 0 Å². The highest BCUT2D eigenvalue weighted by atomic mass is 32.2. The van der Waals surface area contributed by atoms with Gasteiger partial charge in [-0.15, -0.1) is 11.8 Å². The molecule has 3 rings (SSSR count). The van der Waals surface area contributed by atoms with Crippen LogP contribution in [-0.4, -0.2) is 34.4 Å². The number of ketones is 1. The third-order valence-electron chi connectivity index (χ3n) is 3.92. The van der Waals surface area contributed by atoms with E-state index in [1.54, 1.807) is 13.3 Å². The smallest absolute Gasteiger partial charge is 0.219 e. The summed E-state index contributed by atoms with van der Waals surface area (Å²) in [5, 5.41) is 1.41. The van der Waals surface area contributed by atoms with E-state index in [2.05, 4.69) is 18.8 Å². The number of nitrogen functional groups attached to an aromatic ring is 1. The van der Waals surface area contributed by atoms with Crippen molar-refractivity contribution >= 4 is 33.5 Å². The van der Waals surface area contributed by atoms with Gasteiger partial charge in [0, 0.05) is 23.4 Å². The highest BCUT2D eigenvalue weighted by molar-refractivity contribution is 8.16. The van der Waals surface area contributed by atoms with Crippen molar-refractivity contribution in [2.75, 3.05) is 18.7 Å². The first kappa shape index (κ1) is 15.0. The number of aliphatic imine (C=N–C) groups is 1. The Kier molecular flexibility index (Phi) is 3.87. The van der Waals surface area contributed by atoms with E-state index in [1.165, 1.54) is 16.4 Å². The van der Waals surface area contributed by atoms with Gasteiger partial charge in [0.2, 0.25) is 5.78 Å². The lowest BCUT2D eigenvalue weighted by molar-refractivity contribution is 0.107. The largest absolute Gasteiger partial charge is 0.497 e. The first-order valence-corrected chi connectivity index (χ1v) is 8.19. The van der Waals surface area contributed by atoms with Crippen molar-refractivity contribution in [1.82, 2.24) is 4.68 Å². The highest BCUT2D eigenvalue weighted by Crippen LogP contribution is 2.29. The minimum absolute atomic E-state index is 0.0486. The molecule has 2 aromatic rings. The van der Waals surface area contributed by atoms with Crippen LogP contribution in [0.15, 0.2) is 29.4 Å². The Morgan fingerprint density at radius 3 is 2.91 bits per heavy atom. The van der Waals surface area contributed by atoms with Crippen molar-refractivity contribution < 1.29 is 9.53 Å². The predicted molar refractivity (Wildman–Crippen MR) is 91.5 cm³/mol. The quantitative estimate of drug-likeness (QED) is 0.695. The lowest BCUT2D eigenvalue weighted by atomic mass is 10.1. The zero-order chi connectivity index (χ0) is 15.9. The highest BCUT2D eigenvalue weighted by Gasteiger charge is 2.28. The number of nitrogens with zero attached hydrogens (tertiary/aromatic N) is 2. The van der Waals surface area contributed by atoms with E-state index in [0.29, 0.717) is 22.3 Å². The maximum atomic E-state index is 12.7. The first-order valence-electron chi connectivity index (χ1n) is 7.20. The maximum absolute atomic E-state index is 12.7. The molecule has 1 aliphatic rings. The molecule has 0 fully saturated rings. The lowest BCUT2D eigenvalue weighted by Gasteiger charge is -2.07. The average Bonchev–Trinajstić information content (AvgIpc) is 3.12. The van der Waals surface area contributed by atoms with Gasteiger partial charge in [-0.2, -0.15) is 0 Å². The number of carbonyl (C=O) groups is 1. The van der Waals surface area contributed by atoms with Gasteiger partial charge in [0.25, 0.3) is 0 Å². The topological polar surface area (TPSA) is 69.6 Å². The van der Waals surface area contributed by atoms with E-state index < -0.39 is 0 Å². The van der Waals surface area contributed by atoms with Crippen LogP contribution in [0.3, 0.4) is 0 Å². The molecule has 0 saturated heterocycles. The van der Waals surface area contributed by atoms with Gasteiger partial charge in [-0.25, -0.2) is 0 Å². The number of benzene rings is 1. The molecule has 116 valence electrons. The number of rotatable bonds is 4. The Bertz CT molecular complexity index is 764. The summed E-state index contributed by atoms with van der Waals surface area (Å²) in [5.41, 5.74) is 1.36. The van der Waals surface area contributed by atoms with Crippen molar-refractivity contribution in [3.8, 4) is 5.75 Å². The van der Waals surface area contributed by atoms with Crippen molar-refractivity contribution in [1.29, 1.82) is 0 Å². The van der Waals surface area contributed by atoms with Gasteiger partial charge in [-0.3, -0.25) is 14.5 Å². The molecule has 1 aromatic heterocycles. The summed E-state index contributed by atoms with van der Waals surface area (Å²) in [6.45, 7) is 4.25. The SMILES string of the molecule is COc1ccc2c(C(=O)C3=NC(C(C)C)CS3)cn(N)c2c1. The lowest BCUT2D eigenvalue weighted by Crippen LogP contribution is -2.12. The Balaban J connectivity index is 2.00. The zero-order valence-electron chi connectivity index (χ0n) is 12.9. The second-order valence-corrected chi connectivity index (χ2v) is 6.73. The van der Waals surface area contributed by atoms with Gasteiger partial charge in [-0.1, -0.05) is 13.8 Å². The molecule has 0 saturated carbocycles. The van der Waals surface area contributed by atoms with Crippen LogP contribution in [-0.2, 0) is 0 Å².